The SMILES string of the molecule is CC[C@H](CN(C)c1cc(C(F)(F)F)cc2[nH]ncc12)C(=O)N(C)CC. The van der Waals surface area contributed by atoms with Gasteiger partial charge in [0.05, 0.1) is 23.2 Å². The molecule has 2 aromatic rings. The quantitative estimate of drug-likeness (QED) is 0.862. The molecule has 5 nitrogen and oxygen atoms in total. The smallest absolute Gasteiger partial charge is 0.373 e. The number of aromatic amines is 1. The normalized spacial score (nSPS) is 13.1. The van der Waals surface area contributed by atoms with Gasteiger partial charge in [0.2, 0.25) is 5.91 Å². The van der Waals surface area contributed by atoms with Gasteiger partial charge in [0, 0.05) is 38.3 Å². The first kappa shape index (κ1) is 19.1. The number of hydrogen-bond donors (Lipinski definition) is 1. The van der Waals surface area contributed by atoms with Crippen molar-refractivity contribution in [3.63, 3.8) is 0 Å². The van der Waals surface area contributed by atoms with Crippen LogP contribution in [0.1, 0.15) is 25.8 Å². The molecule has 0 aliphatic carbocycles. The third kappa shape index (κ3) is 4.05. The molecule has 138 valence electrons. The average Bonchev–Trinajstić information content (AvgIpc) is 3.04. The van der Waals surface area contributed by atoms with E-state index in [-0.39, 0.29) is 11.8 Å². The fraction of sp³-hybridized carbons (Fsp3) is 0.529. The van der Waals surface area contributed by atoms with E-state index in [0.717, 1.165) is 12.1 Å². The average molecular weight is 356 g/mol. The van der Waals surface area contributed by atoms with Crippen LogP contribution in [-0.2, 0) is 11.0 Å². The Morgan fingerprint density at radius 2 is 1.96 bits per heavy atom. The first-order valence-electron chi connectivity index (χ1n) is 8.19. The van der Waals surface area contributed by atoms with Gasteiger partial charge in [0.1, 0.15) is 0 Å². The van der Waals surface area contributed by atoms with E-state index >= 15 is 0 Å². The number of nitrogens with zero attached hydrogens (tertiary/aromatic N) is 3. The van der Waals surface area contributed by atoms with Gasteiger partial charge >= 0.3 is 6.18 Å². The van der Waals surface area contributed by atoms with Gasteiger partial charge in [0.25, 0.3) is 0 Å². The third-order valence-corrected chi connectivity index (χ3v) is 4.46. The number of halogens is 3. The number of carbonyl (C=O) groups is 1. The Balaban J connectivity index is 2.36. The Bertz CT molecular complexity index is 741. The summed E-state index contributed by atoms with van der Waals surface area (Å²) in [5, 5.41) is 7.04. The molecule has 0 saturated heterocycles. The first-order valence-corrected chi connectivity index (χ1v) is 8.19. The number of hydrogen-bond acceptors (Lipinski definition) is 3. The summed E-state index contributed by atoms with van der Waals surface area (Å²) in [5.74, 6) is -0.293. The summed E-state index contributed by atoms with van der Waals surface area (Å²) < 4.78 is 39.5. The molecule has 1 aromatic heterocycles. The van der Waals surface area contributed by atoms with E-state index in [1.54, 1.807) is 23.9 Å². The number of nitrogens with one attached hydrogen (secondary N) is 1. The fourth-order valence-electron chi connectivity index (χ4n) is 2.79. The van der Waals surface area contributed by atoms with Gasteiger partial charge in [-0.3, -0.25) is 9.89 Å². The summed E-state index contributed by atoms with van der Waals surface area (Å²) in [6.07, 6.45) is -2.33. The Kier molecular flexibility index (Phi) is 5.59. The van der Waals surface area contributed by atoms with Crippen LogP contribution in [0, 0.1) is 5.92 Å². The maximum absolute atomic E-state index is 13.2. The van der Waals surface area contributed by atoms with E-state index in [9.17, 15) is 18.0 Å². The third-order valence-electron chi connectivity index (χ3n) is 4.46. The highest BCUT2D eigenvalue weighted by Gasteiger charge is 2.32. The summed E-state index contributed by atoms with van der Waals surface area (Å²) in [4.78, 5) is 15.7. The predicted molar refractivity (Wildman–Crippen MR) is 91.5 cm³/mol. The number of alkyl halides is 3. The molecule has 0 spiro atoms. The van der Waals surface area contributed by atoms with Gasteiger partial charge in [-0.25, -0.2) is 0 Å². The zero-order valence-electron chi connectivity index (χ0n) is 14.8. The number of H-pyrrole nitrogens is 1. The van der Waals surface area contributed by atoms with E-state index in [1.807, 2.05) is 13.8 Å². The molecule has 0 unspecified atom stereocenters. The molecule has 8 heteroatoms. The van der Waals surface area contributed by atoms with Gasteiger partial charge in [-0.2, -0.15) is 18.3 Å². The second kappa shape index (κ2) is 7.33. The summed E-state index contributed by atoms with van der Waals surface area (Å²) in [5.41, 5.74) is -0.0122. The van der Waals surface area contributed by atoms with Crippen LogP contribution in [-0.4, -0.2) is 48.2 Å². The zero-order chi connectivity index (χ0) is 18.8. The van der Waals surface area contributed by atoms with Crippen molar-refractivity contribution in [2.24, 2.45) is 5.92 Å². The number of amides is 1. The number of carbonyl (C=O) groups excluding carboxylic acids is 1. The number of fused-ring (bicyclic) bond motifs is 1. The van der Waals surface area contributed by atoms with Crippen LogP contribution in [0.15, 0.2) is 18.3 Å². The van der Waals surface area contributed by atoms with Gasteiger partial charge in [-0.1, -0.05) is 6.92 Å². The summed E-state index contributed by atoms with van der Waals surface area (Å²) in [6, 6.07) is 2.16. The van der Waals surface area contributed by atoms with E-state index in [4.69, 9.17) is 0 Å². The number of anilines is 1. The van der Waals surface area contributed by atoms with Crippen LogP contribution in [0.25, 0.3) is 10.9 Å². The topological polar surface area (TPSA) is 52.2 Å². The van der Waals surface area contributed by atoms with Crippen LogP contribution >= 0.6 is 0 Å². The molecule has 1 heterocycles. The lowest BCUT2D eigenvalue weighted by molar-refractivity contribution is -0.137. The summed E-state index contributed by atoms with van der Waals surface area (Å²) in [7, 11) is 3.42. The Morgan fingerprint density at radius 3 is 2.52 bits per heavy atom. The second-order valence-corrected chi connectivity index (χ2v) is 6.16. The summed E-state index contributed by atoms with van der Waals surface area (Å²) in [6.45, 7) is 4.71. The summed E-state index contributed by atoms with van der Waals surface area (Å²) >= 11 is 0. The molecule has 0 saturated carbocycles. The van der Waals surface area contributed by atoms with Gasteiger partial charge in [-0.05, 0) is 25.5 Å². The van der Waals surface area contributed by atoms with E-state index < -0.39 is 11.7 Å². The number of benzene rings is 1. The monoisotopic (exact) mass is 356 g/mol. The standard InChI is InChI=1S/C17H23F3N4O/c1-5-11(16(25)23(3)6-2)10-24(4)15-8-12(17(18,19)20)7-14-13(15)9-21-22-14/h7-9,11H,5-6,10H2,1-4H3,(H,21,22)/t11-/m1/s1. The number of rotatable bonds is 6. The van der Waals surface area contributed by atoms with Crippen molar-refractivity contribution in [1.29, 1.82) is 0 Å². The maximum atomic E-state index is 13.2. The van der Waals surface area contributed by atoms with Crippen molar-refractivity contribution in [3.8, 4) is 0 Å². The maximum Gasteiger partial charge on any atom is 0.416 e. The number of aromatic nitrogens is 2. The van der Waals surface area contributed by atoms with Crippen molar-refractivity contribution in [2.75, 3.05) is 32.1 Å². The highest BCUT2D eigenvalue weighted by atomic mass is 19.4. The highest BCUT2D eigenvalue weighted by molar-refractivity contribution is 5.92. The molecule has 2 rings (SSSR count). The molecule has 0 bridgehead atoms. The van der Waals surface area contributed by atoms with Crippen molar-refractivity contribution < 1.29 is 18.0 Å². The molecule has 1 aromatic carbocycles. The lowest BCUT2D eigenvalue weighted by Gasteiger charge is -2.28. The van der Waals surface area contributed by atoms with Crippen LogP contribution in [0.2, 0.25) is 0 Å². The highest BCUT2D eigenvalue weighted by Crippen LogP contribution is 2.36. The Morgan fingerprint density at radius 1 is 1.28 bits per heavy atom. The molecule has 1 atom stereocenters. The molecule has 1 amide bonds. The van der Waals surface area contributed by atoms with E-state index in [2.05, 4.69) is 10.2 Å². The van der Waals surface area contributed by atoms with E-state index in [1.165, 1.54) is 6.20 Å². The van der Waals surface area contributed by atoms with Crippen LogP contribution in [0.3, 0.4) is 0 Å². The van der Waals surface area contributed by atoms with Gasteiger partial charge in [0.15, 0.2) is 0 Å². The second-order valence-electron chi connectivity index (χ2n) is 6.16. The van der Waals surface area contributed by atoms with Crippen molar-refractivity contribution in [2.45, 2.75) is 26.4 Å². The minimum atomic E-state index is -4.45. The Labute approximate surface area is 144 Å². The van der Waals surface area contributed by atoms with Crippen molar-refractivity contribution in [3.05, 3.63) is 23.9 Å². The van der Waals surface area contributed by atoms with Crippen LogP contribution in [0.4, 0.5) is 18.9 Å². The Hall–Kier alpha value is -2.25. The predicted octanol–water partition coefficient (Wildman–Crippen LogP) is 3.52. The van der Waals surface area contributed by atoms with Crippen LogP contribution < -0.4 is 4.90 Å². The minimum Gasteiger partial charge on any atom is -0.373 e. The molecule has 1 N–H and O–H groups in total. The lowest BCUT2D eigenvalue weighted by atomic mass is 10.0. The van der Waals surface area contributed by atoms with E-state index in [0.29, 0.717) is 36.1 Å². The van der Waals surface area contributed by atoms with Crippen molar-refractivity contribution >= 4 is 22.5 Å². The van der Waals surface area contributed by atoms with Crippen LogP contribution in [0.5, 0.6) is 0 Å². The fourth-order valence-corrected chi connectivity index (χ4v) is 2.79. The van der Waals surface area contributed by atoms with Gasteiger partial charge in [-0.15, -0.1) is 0 Å². The lowest BCUT2D eigenvalue weighted by Crippen LogP contribution is -2.38. The van der Waals surface area contributed by atoms with Gasteiger partial charge < -0.3 is 9.80 Å². The molecular weight excluding hydrogens is 333 g/mol. The molecule has 0 radical (unpaired) electrons. The zero-order valence-corrected chi connectivity index (χ0v) is 14.8. The molecule has 0 aliphatic heterocycles. The molecule has 25 heavy (non-hydrogen) atoms. The first-order chi connectivity index (χ1) is 11.7. The largest absolute Gasteiger partial charge is 0.416 e. The molecular formula is C17H23F3N4O. The van der Waals surface area contributed by atoms with Crippen molar-refractivity contribution in [1.82, 2.24) is 15.1 Å². The molecule has 0 fully saturated rings. The minimum absolute atomic E-state index is 0.00716. The molecule has 0 aliphatic rings.